The summed E-state index contributed by atoms with van der Waals surface area (Å²) in [5.74, 6) is -2.03. The lowest BCUT2D eigenvalue weighted by molar-refractivity contribution is -0.141. The van der Waals surface area contributed by atoms with E-state index in [0.717, 1.165) is 15.7 Å². The minimum absolute atomic E-state index is 0.0297. The minimum Gasteiger partial charge on any atom is -0.481 e. The summed E-state index contributed by atoms with van der Waals surface area (Å²) in [5, 5.41) is 21.8. The molecule has 3 rings (SSSR count). The van der Waals surface area contributed by atoms with Crippen LogP contribution >= 0.6 is 11.6 Å². The first-order valence-corrected chi connectivity index (χ1v) is 10.3. The van der Waals surface area contributed by atoms with Crippen LogP contribution in [0.1, 0.15) is 18.1 Å². The number of aromatic nitrogens is 3. The number of rotatable bonds is 9. The second-order valence-electron chi connectivity index (χ2n) is 7.36. The van der Waals surface area contributed by atoms with Crippen molar-refractivity contribution in [1.82, 2.24) is 14.1 Å². The Balaban J connectivity index is 2.03. The molecule has 0 aliphatic heterocycles. The number of hydrogen-bond donors (Lipinski definition) is 3. The van der Waals surface area contributed by atoms with E-state index >= 15 is 0 Å². The molecule has 3 aromatic rings. The van der Waals surface area contributed by atoms with E-state index in [1.165, 1.54) is 11.5 Å². The molecule has 1 atom stereocenters. The van der Waals surface area contributed by atoms with Crippen LogP contribution in [-0.2, 0) is 24.3 Å². The molecule has 2 aromatic carbocycles. The molecule has 0 saturated carbocycles. The summed E-state index contributed by atoms with van der Waals surface area (Å²) in [6.45, 7) is 1.24. The lowest BCUT2D eigenvalue weighted by atomic mass is 10.1. The van der Waals surface area contributed by atoms with E-state index in [-0.39, 0.29) is 25.6 Å². The van der Waals surface area contributed by atoms with E-state index < -0.39 is 23.3 Å². The minimum atomic E-state index is -1.12. The second kappa shape index (κ2) is 10.3. The number of carboxylic acid groups (broad SMARTS) is 1. The summed E-state index contributed by atoms with van der Waals surface area (Å²) in [7, 11) is 0. The molecule has 10 heteroatoms. The van der Waals surface area contributed by atoms with Gasteiger partial charge < -0.3 is 15.5 Å². The Morgan fingerprint density at radius 3 is 2.28 bits per heavy atom. The number of aliphatic carboxylic acids is 1. The highest BCUT2D eigenvalue weighted by Crippen LogP contribution is 2.16. The van der Waals surface area contributed by atoms with E-state index in [1.807, 2.05) is 12.1 Å². The number of anilines is 2. The van der Waals surface area contributed by atoms with Crippen molar-refractivity contribution in [3.05, 3.63) is 85.6 Å². The Labute approximate surface area is 188 Å². The van der Waals surface area contributed by atoms with Crippen LogP contribution in [0, 0.1) is 5.92 Å². The van der Waals surface area contributed by atoms with Gasteiger partial charge in [-0.1, -0.05) is 42.8 Å². The maximum Gasteiger partial charge on any atom is 0.354 e. The molecule has 3 N–H and O–H groups in total. The van der Waals surface area contributed by atoms with Gasteiger partial charge in [0.1, 0.15) is 0 Å². The van der Waals surface area contributed by atoms with Gasteiger partial charge in [0.05, 0.1) is 12.5 Å². The molecule has 1 aromatic heterocycles. The molecule has 0 aliphatic carbocycles. The molecule has 0 fully saturated rings. The number of benzene rings is 2. The molecule has 0 saturated heterocycles. The highest BCUT2D eigenvalue weighted by Gasteiger charge is 2.19. The second-order valence-corrected chi connectivity index (χ2v) is 7.80. The molecule has 0 radical (unpaired) electrons. The maximum atomic E-state index is 13.2. The van der Waals surface area contributed by atoms with Crippen LogP contribution in [-0.4, -0.2) is 36.9 Å². The van der Waals surface area contributed by atoms with Crippen molar-refractivity contribution in [2.75, 3.05) is 11.9 Å². The van der Waals surface area contributed by atoms with Gasteiger partial charge in [0.2, 0.25) is 5.95 Å². The van der Waals surface area contributed by atoms with Gasteiger partial charge in [-0.05, 0) is 41.8 Å². The number of nitrogens with zero attached hydrogens (tertiary/aromatic N) is 3. The highest BCUT2D eigenvalue weighted by atomic mass is 35.5. The van der Waals surface area contributed by atoms with Crippen LogP contribution in [0.2, 0.25) is 5.02 Å². The fraction of sp³-hybridized carbons (Fsp3) is 0.273. The van der Waals surface area contributed by atoms with Crippen LogP contribution < -0.4 is 16.7 Å². The first kappa shape index (κ1) is 23.2. The largest absolute Gasteiger partial charge is 0.481 e. The summed E-state index contributed by atoms with van der Waals surface area (Å²) in [6, 6.07) is 14.0. The molecular weight excluding hydrogens is 436 g/mol. The Hall–Kier alpha value is -3.43. The van der Waals surface area contributed by atoms with Crippen LogP contribution in [0.25, 0.3) is 0 Å². The van der Waals surface area contributed by atoms with E-state index in [2.05, 4.69) is 10.3 Å². The Kier molecular flexibility index (Phi) is 7.45. The molecule has 32 heavy (non-hydrogen) atoms. The zero-order valence-corrected chi connectivity index (χ0v) is 18.1. The molecule has 0 spiro atoms. The van der Waals surface area contributed by atoms with E-state index in [4.69, 9.17) is 16.7 Å². The van der Waals surface area contributed by atoms with Crippen molar-refractivity contribution in [2.24, 2.45) is 5.92 Å². The first-order chi connectivity index (χ1) is 15.3. The molecule has 0 amide bonds. The van der Waals surface area contributed by atoms with Crippen molar-refractivity contribution in [1.29, 1.82) is 0 Å². The molecule has 0 unspecified atom stereocenters. The summed E-state index contributed by atoms with van der Waals surface area (Å²) < 4.78 is 2.10. The van der Waals surface area contributed by atoms with Crippen molar-refractivity contribution < 1.29 is 15.0 Å². The van der Waals surface area contributed by atoms with Crippen LogP contribution in [0.4, 0.5) is 11.6 Å². The van der Waals surface area contributed by atoms with Crippen LogP contribution in [0.5, 0.6) is 0 Å². The van der Waals surface area contributed by atoms with E-state index in [9.17, 15) is 19.5 Å². The Bertz CT molecular complexity index is 1200. The molecule has 9 nitrogen and oxygen atoms in total. The highest BCUT2D eigenvalue weighted by molar-refractivity contribution is 6.30. The lowest BCUT2D eigenvalue weighted by Gasteiger charge is -2.17. The molecule has 0 aliphatic rings. The van der Waals surface area contributed by atoms with Gasteiger partial charge in [0, 0.05) is 23.9 Å². The van der Waals surface area contributed by atoms with Gasteiger partial charge in [-0.2, -0.15) is 4.98 Å². The molecule has 168 valence electrons. The summed E-state index contributed by atoms with van der Waals surface area (Å²) >= 11 is 5.94. The monoisotopic (exact) mass is 458 g/mol. The van der Waals surface area contributed by atoms with Crippen molar-refractivity contribution >= 4 is 29.2 Å². The summed E-state index contributed by atoms with van der Waals surface area (Å²) in [5.41, 5.74) is 0.764. The number of nitrogens with one attached hydrogen (secondary N) is 1. The average Bonchev–Trinajstić information content (AvgIpc) is 2.76. The fourth-order valence-electron chi connectivity index (χ4n) is 3.06. The predicted octanol–water partition coefficient (Wildman–Crippen LogP) is 2.11. The number of halogens is 1. The summed E-state index contributed by atoms with van der Waals surface area (Å²) in [6.07, 6.45) is 0.512. The third-order valence-electron chi connectivity index (χ3n) is 4.89. The van der Waals surface area contributed by atoms with E-state index in [1.54, 1.807) is 36.4 Å². The first-order valence-electron chi connectivity index (χ1n) is 9.94. The molecular formula is C22H23ClN4O5. The third kappa shape index (κ3) is 5.63. The Morgan fingerprint density at radius 1 is 1.06 bits per heavy atom. The zero-order valence-electron chi connectivity index (χ0n) is 17.4. The van der Waals surface area contributed by atoms with Crippen molar-refractivity contribution in [2.45, 2.75) is 26.4 Å². The normalized spacial score (nSPS) is 11.8. The maximum absolute atomic E-state index is 13.2. The van der Waals surface area contributed by atoms with Crippen molar-refractivity contribution in [3.8, 4) is 0 Å². The number of aliphatic hydroxyl groups excluding tert-OH is 1. The molecule has 1 heterocycles. The quantitative estimate of drug-likeness (QED) is 0.448. The number of carbonyl (C=O) groups is 1. The van der Waals surface area contributed by atoms with Gasteiger partial charge in [0.15, 0.2) is 0 Å². The smallest absolute Gasteiger partial charge is 0.354 e. The predicted molar refractivity (Wildman–Crippen MR) is 121 cm³/mol. The van der Waals surface area contributed by atoms with Gasteiger partial charge in [-0.3, -0.25) is 9.36 Å². The molecule has 0 bridgehead atoms. The van der Waals surface area contributed by atoms with E-state index in [0.29, 0.717) is 17.1 Å². The summed E-state index contributed by atoms with van der Waals surface area (Å²) in [4.78, 5) is 41.0. The average molecular weight is 459 g/mol. The third-order valence-corrected chi connectivity index (χ3v) is 5.14. The number of hydrogen-bond acceptors (Lipinski definition) is 6. The van der Waals surface area contributed by atoms with Crippen LogP contribution in [0.3, 0.4) is 0 Å². The topological polar surface area (TPSA) is 126 Å². The standard InChI is InChI=1S/C22H23ClN4O5/c1-14(19(29)30)12-27-21(31)25-20(24-18-8-4-15(5-9-18)10-11-28)26(22(27)32)13-16-2-6-17(23)7-3-16/h2-9,14,28H,10-13H2,1H3,(H,29,30)(H,24,25,31)/t14-/m0/s1. The number of carboxylic acids is 1. The van der Waals surface area contributed by atoms with Gasteiger partial charge in [0.25, 0.3) is 0 Å². The fourth-order valence-corrected chi connectivity index (χ4v) is 3.19. The SMILES string of the molecule is C[C@@H](Cn1c(=O)nc(Nc2ccc(CCO)cc2)n(Cc2ccc(Cl)cc2)c1=O)C(=O)O. The lowest BCUT2D eigenvalue weighted by Crippen LogP contribution is -2.44. The van der Waals surface area contributed by atoms with Crippen molar-refractivity contribution in [3.63, 3.8) is 0 Å². The number of aliphatic hydroxyl groups is 1. The zero-order chi connectivity index (χ0) is 23.3. The van der Waals surface area contributed by atoms with Gasteiger partial charge >= 0.3 is 17.3 Å². The van der Waals surface area contributed by atoms with Gasteiger partial charge in [-0.15, -0.1) is 0 Å². The Morgan fingerprint density at radius 2 is 1.69 bits per heavy atom. The van der Waals surface area contributed by atoms with Gasteiger partial charge in [-0.25, -0.2) is 14.2 Å². The van der Waals surface area contributed by atoms with Crippen LogP contribution in [0.15, 0.2) is 58.1 Å².